The number of benzene rings is 1. The van der Waals surface area contributed by atoms with Crippen LogP contribution in [0.15, 0.2) is 24.3 Å². The van der Waals surface area contributed by atoms with Crippen LogP contribution in [0.2, 0.25) is 0 Å². The predicted octanol–water partition coefficient (Wildman–Crippen LogP) is 1.82. The van der Waals surface area contributed by atoms with Crippen LogP contribution in [0.25, 0.3) is 4.85 Å². The van der Waals surface area contributed by atoms with Gasteiger partial charge in [-0.05, 0) is 0 Å². The van der Waals surface area contributed by atoms with Gasteiger partial charge in [-0.3, -0.25) is 0 Å². The molecule has 0 spiro atoms. The van der Waals surface area contributed by atoms with Gasteiger partial charge in [0.25, 0.3) is 0 Å². The molecule has 0 heterocycles. The Hall–Kier alpha value is -1.49. The fourth-order valence-corrected chi connectivity index (χ4v) is 0.589. The van der Waals surface area contributed by atoms with Crippen LogP contribution in [-0.2, 0) is 0 Å². The lowest BCUT2D eigenvalue weighted by molar-refractivity contribution is 1.69. The Bertz CT molecular complexity index is 247. The molecule has 0 aromatic heterocycles. The van der Waals surface area contributed by atoms with Crippen LogP contribution in [-0.4, -0.2) is 0 Å². The molecule has 1 aromatic carbocycles. The minimum atomic E-state index is 0.525. The molecule has 0 saturated carbocycles. The number of hydrogen-bond acceptors (Lipinski definition) is 1. The van der Waals surface area contributed by atoms with Crippen LogP contribution in [0.5, 0.6) is 0 Å². The van der Waals surface area contributed by atoms with Crippen molar-refractivity contribution in [3.05, 3.63) is 35.7 Å². The highest BCUT2D eigenvalue weighted by molar-refractivity contribution is 5.66. The Balaban J connectivity index is 3.20. The molecule has 0 aliphatic rings. The topological polar surface area (TPSA) is 30.4 Å². The zero-order valence-electron chi connectivity index (χ0n) is 4.83. The van der Waals surface area contributed by atoms with E-state index in [0.29, 0.717) is 11.4 Å². The van der Waals surface area contributed by atoms with Gasteiger partial charge in [-0.25, -0.2) is 4.85 Å². The molecule has 0 amide bonds. The standard InChI is InChI=1S/C7H6N2/c1-9-7-5-3-2-4-6(7)8/h2-5H,8H2. The molecule has 9 heavy (non-hydrogen) atoms. The molecule has 2 heteroatoms. The van der Waals surface area contributed by atoms with Gasteiger partial charge in [0.2, 0.25) is 5.69 Å². The van der Waals surface area contributed by atoms with Gasteiger partial charge >= 0.3 is 0 Å². The first-order valence-corrected chi connectivity index (χ1v) is 2.56. The highest BCUT2D eigenvalue weighted by atomic mass is 14.7. The van der Waals surface area contributed by atoms with Gasteiger partial charge in [0.1, 0.15) is 0 Å². The van der Waals surface area contributed by atoms with Crippen molar-refractivity contribution in [1.29, 1.82) is 0 Å². The Morgan fingerprint density at radius 3 is 2.44 bits per heavy atom. The molecule has 0 aliphatic carbocycles. The van der Waals surface area contributed by atoms with Gasteiger partial charge in [-0.2, -0.15) is 0 Å². The number of anilines is 1. The zero-order valence-corrected chi connectivity index (χ0v) is 4.83. The van der Waals surface area contributed by atoms with E-state index < -0.39 is 0 Å². The van der Waals surface area contributed by atoms with Crippen molar-refractivity contribution in [3.8, 4) is 0 Å². The molecular weight excluding hydrogens is 112 g/mol. The fraction of sp³-hybridized carbons (Fsp3) is 0. The second-order valence-corrected chi connectivity index (χ2v) is 1.67. The predicted molar refractivity (Wildman–Crippen MR) is 37.1 cm³/mol. The van der Waals surface area contributed by atoms with Crippen molar-refractivity contribution in [1.82, 2.24) is 0 Å². The smallest absolute Gasteiger partial charge is 0.209 e. The summed E-state index contributed by atoms with van der Waals surface area (Å²) in [6.07, 6.45) is 0. The lowest BCUT2D eigenvalue weighted by Gasteiger charge is -1.91. The quantitative estimate of drug-likeness (QED) is 0.408. The monoisotopic (exact) mass is 118 g/mol. The minimum absolute atomic E-state index is 0.525. The molecule has 0 bridgehead atoms. The summed E-state index contributed by atoms with van der Waals surface area (Å²) in [5.41, 5.74) is 6.49. The molecule has 2 N–H and O–H groups in total. The van der Waals surface area contributed by atoms with Crippen LogP contribution in [0, 0.1) is 6.57 Å². The Labute approximate surface area is 53.7 Å². The average molecular weight is 118 g/mol. The van der Waals surface area contributed by atoms with Crippen LogP contribution < -0.4 is 5.73 Å². The van der Waals surface area contributed by atoms with Crippen molar-refractivity contribution in [3.63, 3.8) is 0 Å². The third-order valence-corrected chi connectivity index (χ3v) is 1.06. The molecule has 0 radical (unpaired) electrons. The number of nitrogens with two attached hydrogens (primary N) is 1. The van der Waals surface area contributed by atoms with Crippen LogP contribution in [0.4, 0.5) is 11.4 Å². The summed E-state index contributed by atoms with van der Waals surface area (Å²) in [6, 6.07) is 7.02. The molecular formula is C7H6N2. The van der Waals surface area contributed by atoms with Gasteiger partial charge in [0.15, 0.2) is 0 Å². The SMILES string of the molecule is [C-]#[N+]c1ccccc1N. The number of rotatable bonds is 0. The van der Waals surface area contributed by atoms with Gasteiger partial charge in [-0.1, -0.05) is 24.3 Å². The summed E-state index contributed by atoms with van der Waals surface area (Å²) < 4.78 is 0. The third-order valence-electron chi connectivity index (χ3n) is 1.06. The van der Waals surface area contributed by atoms with Crippen molar-refractivity contribution in [2.75, 3.05) is 5.73 Å². The van der Waals surface area contributed by atoms with E-state index >= 15 is 0 Å². The van der Waals surface area contributed by atoms with E-state index in [0.717, 1.165) is 0 Å². The molecule has 0 atom stereocenters. The van der Waals surface area contributed by atoms with Crippen LogP contribution in [0.3, 0.4) is 0 Å². The first-order chi connectivity index (χ1) is 4.34. The van der Waals surface area contributed by atoms with E-state index in [-0.39, 0.29) is 0 Å². The van der Waals surface area contributed by atoms with Crippen molar-refractivity contribution >= 4 is 11.4 Å². The minimum Gasteiger partial charge on any atom is -0.407 e. The first kappa shape index (κ1) is 5.64. The number of para-hydroxylation sites is 2. The van der Waals surface area contributed by atoms with E-state index in [2.05, 4.69) is 4.85 Å². The maximum atomic E-state index is 6.63. The summed E-state index contributed by atoms with van der Waals surface area (Å²) >= 11 is 0. The number of nitrogen functional groups attached to an aromatic ring is 1. The van der Waals surface area contributed by atoms with E-state index in [1.165, 1.54) is 0 Å². The maximum Gasteiger partial charge on any atom is 0.209 e. The fourth-order valence-electron chi connectivity index (χ4n) is 0.589. The molecule has 0 unspecified atom stereocenters. The first-order valence-electron chi connectivity index (χ1n) is 2.56. The van der Waals surface area contributed by atoms with E-state index in [1.807, 2.05) is 6.07 Å². The lowest BCUT2D eigenvalue weighted by Crippen LogP contribution is -1.81. The molecule has 44 valence electrons. The largest absolute Gasteiger partial charge is 0.407 e. The van der Waals surface area contributed by atoms with E-state index in [9.17, 15) is 0 Å². The zero-order chi connectivity index (χ0) is 6.69. The van der Waals surface area contributed by atoms with E-state index in [4.69, 9.17) is 12.3 Å². The summed E-state index contributed by atoms with van der Waals surface area (Å²) in [5.74, 6) is 0. The second-order valence-electron chi connectivity index (χ2n) is 1.67. The van der Waals surface area contributed by atoms with Crippen LogP contribution in [0.1, 0.15) is 0 Å². The molecule has 0 fully saturated rings. The molecule has 0 aliphatic heterocycles. The summed E-state index contributed by atoms with van der Waals surface area (Å²) in [6.45, 7) is 6.63. The van der Waals surface area contributed by atoms with E-state index in [1.54, 1.807) is 18.2 Å². The Kier molecular flexibility index (Phi) is 1.37. The Morgan fingerprint density at radius 1 is 1.33 bits per heavy atom. The molecule has 0 saturated heterocycles. The second kappa shape index (κ2) is 2.19. The molecule has 2 nitrogen and oxygen atoms in total. The normalized spacial score (nSPS) is 8.33. The summed E-state index contributed by atoms with van der Waals surface area (Å²) in [5, 5.41) is 0. The van der Waals surface area contributed by atoms with Gasteiger partial charge in [0.05, 0.1) is 6.57 Å². The summed E-state index contributed by atoms with van der Waals surface area (Å²) in [7, 11) is 0. The molecule has 1 aromatic rings. The highest BCUT2D eigenvalue weighted by Gasteiger charge is 1.91. The van der Waals surface area contributed by atoms with Gasteiger partial charge < -0.3 is 5.73 Å². The van der Waals surface area contributed by atoms with Gasteiger partial charge in [0, 0.05) is 5.69 Å². The average Bonchev–Trinajstić information content (AvgIpc) is 1.89. The number of nitrogens with zero attached hydrogens (tertiary/aromatic N) is 1. The maximum absolute atomic E-state index is 6.63. The summed E-state index contributed by atoms with van der Waals surface area (Å²) in [4.78, 5) is 3.20. The lowest BCUT2D eigenvalue weighted by atomic mass is 10.3. The van der Waals surface area contributed by atoms with Crippen molar-refractivity contribution in [2.24, 2.45) is 0 Å². The van der Waals surface area contributed by atoms with Crippen LogP contribution >= 0.6 is 0 Å². The molecule has 1 rings (SSSR count). The third kappa shape index (κ3) is 1.000. The van der Waals surface area contributed by atoms with Crippen molar-refractivity contribution < 1.29 is 0 Å². The van der Waals surface area contributed by atoms with Gasteiger partial charge in [-0.15, -0.1) is 0 Å². The number of hydrogen-bond donors (Lipinski definition) is 1. The Morgan fingerprint density at radius 2 is 2.00 bits per heavy atom. The van der Waals surface area contributed by atoms with Crippen molar-refractivity contribution in [2.45, 2.75) is 0 Å². The highest BCUT2D eigenvalue weighted by Crippen LogP contribution is 2.19.